The number of para-hydroxylation sites is 1. The number of hydrogen-bond acceptors (Lipinski definition) is 3. The summed E-state index contributed by atoms with van der Waals surface area (Å²) in [6, 6.07) is 7.25. The number of hydrogen-bond donors (Lipinski definition) is 2. The molecule has 0 saturated carbocycles. The first-order valence-corrected chi connectivity index (χ1v) is 4.32. The summed E-state index contributed by atoms with van der Waals surface area (Å²) in [6.45, 7) is 0.275. The summed E-state index contributed by atoms with van der Waals surface area (Å²) in [7, 11) is 0. The van der Waals surface area contributed by atoms with E-state index >= 15 is 0 Å². The molecule has 0 radical (unpaired) electrons. The van der Waals surface area contributed by atoms with Crippen molar-refractivity contribution in [2.75, 3.05) is 18.4 Å². The van der Waals surface area contributed by atoms with E-state index < -0.39 is 0 Å². The van der Waals surface area contributed by atoms with E-state index in [-0.39, 0.29) is 18.9 Å². The number of Topliss-reactive ketones (excluding diaryl/α,β-unsaturated/α-hetero) is 1. The molecule has 0 heterocycles. The van der Waals surface area contributed by atoms with Crippen LogP contribution in [0.4, 0.5) is 5.69 Å². The van der Waals surface area contributed by atoms with Gasteiger partial charge in [-0.05, 0) is 12.1 Å². The highest BCUT2D eigenvalue weighted by Gasteiger charge is 2.00. The summed E-state index contributed by atoms with van der Waals surface area (Å²) in [5, 5.41) is 3.51. The van der Waals surface area contributed by atoms with E-state index in [0.717, 1.165) is 5.69 Å². The molecule has 0 bridgehead atoms. The van der Waals surface area contributed by atoms with Gasteiger partial charge in [0.05, 0.1) is 23.8 Å². The molecule has 0 atom stereocenters. The maximum Gasteiger partial charge on any atom is 0.165 e. The molecule has 1 rings (SSSR count). The number of halogens is 1. The highest BCUT2D eigenvalue weighted by Crippen LogP contribution is 2.19. The summed E-state index contributed by atoms with van der Waals surface area (Å²) in [4.78, 5) is 10.9. The molecule has 0 amide bonds. The number of nitrogens with one attached hydrogen (secondary N) is 1. The Morgan fingerprint density at radius 1 is 1.46 bits per heavy atom. The van der Waals surface area contributed by atoms with Crippen molar-refractivity contribution in [1.29, 1.82) is 0 Å². The van der Waals surface area contributed by atoms with Crippen LogP contribution in [0.3, 0.4) is 0 Å². The van der Waals surface area contributed by atoms with Crippen LogP contribution in [0, 0.1) is 0 Å². The lowest BCUT2D eigenvalue weighted by Gasteiger charge is -2.05. The van der Waals surface area contributed by atoms with Gasteiger partial charge in [0.1, 0.15) is 0 Å². The Morgan fingerprint density at radius 3 is 2.77 bits per heavy atom. The zero-order valence-corrected chi connectivity index (χ0v) is 7.84. The van der Waals surface area contributed by atoms with Crippen LogP contribution in [0.15, 0.2) is 24.3 Å². The molecule has 0 aromatic heterocycles. The molecule has 0 aliphatic carbocycles. The Bertz CT molecular complexity index is 301. The second-order valence-electron chi connectivity index (χ2n) is 2.58. The van der Waals surface area contributed by atoms with Crippen LogP contribution in [-0.2, 0) is 4.79 Å². The Hall–Kier alpha value is -1.06. The SMILES string of the molecule is NCC(=O)CNc1ccccc1Cl. The van der Waals surface area contributed by atoms with Gasteiger partial charge in [0.2, 0.25) is 0 Å². The maximum absolute atomic E-state index is 10.9. The Labute approximate surface area is 81.9 Å². The molecule has 4 heteroatoms. The van der Waals surface area contributed by atoms with Crippen LogP contribution in [0.5, 0.6) is 0 Å². The van der Waals surface area contributed by atoms with E-state index in [9.17, 15) is 4.79 Å². The minimum Gasteiger partial charge on any atom is -0.377 e. The fraction of sp³-hybridized carbons (Fsp3) is 0.222. The second-order valence-corrected chi connectivity index (χ2v) is 2.98. The van der Waals surface area contributed by atoms with E-state index in [1.807, 2.05) is 18.2 Å². The molecule has 0 spiro atoms. The highest BCUT2D eigenvalue weighted by molar-refractivity contribution is 6.33. The zero-order chi connectivity index (χ0) is 9.68. The number of nitrogens with two attached hydrogens (primary N) is 1. The fourth-order valence-electron chi connectivity index (χ4n) is 0.871. The first-order valence-electron chi connectivity index (χ1n) is 3.94. The molecule has 3 nitrogen and oxygen atoms in total. The molecule has 70 valence electrons. The molecular formula is C9H11ClN2O. The number of carbonyl (C=O) groups is 1. The summed E-state index contributed by atoms with van der Waals surface area (Å²) in [5.41, 5.74) is 5.91. The number of anilines is 1. The number of ketones is 1. The van der Waals surface area contributed by atoms with Gasteiger partial charge in [-0.25, -0.2) is 0 Å². The summed E-state index contributed by atoms with van der Waals surface area (Å²) >= 11 is 5.85. The van der Waals surface area contributed by atoms with Crippen molar-refractivity contribution in [2.24, 2.45) is 5.73 Å². The average Bonchev–Trinajstić information content (AvgIpc) is 2.16. The minimum atomic E-state index is -0.0417. The fourth-order valence-corrected chi connectivity index (χ4v) is 1.07. The van der Waals surface area contributed by atoms with E-state index in [1.54, 1.807) is 6.07 Å². The lowest BCUT2D eigenvalue weighted by molar-refractivity contribution is -0.116. The predicted molar refractivity (Wildman–Crippen MR) is 54.0 cm³/mol. The third-order valence-electron chi connectivity index (χ3n) is 1.58. The topological polar surface area (TPSA) is 55.1 Å². The van der Waals surface area contributed by atoms with Crippen molar-refractivity contribution in [1.82, 2.24) is 0 Å². The van der Waals surface area contributed by atoms with Crippen molar-refractivity contribution in [3.05, 3.63) is 29.3 Å². The molecule has 3 N–H and O–H groups in total. The summed E-state index contributed by atoms with van der Waals surface area (Å²) in [5.74, 6) is -0.0417. The van der Waals surface area contributed by atoms with Gasteiger partial charge in [-0.3, -0.25) is 4.79 Å². The van der Waals surface area contributed by atoms with Crippen molar-refractivity contribution in [2.45, 2.75) is 0 Å². The van der Waals surface area contributed by atoms with E-state index in [1.165, 1.54) is 0 Å². The summed E-state index contributed by atoms with van der Waals surface area (Å²) in [6.07, 6.45) is 0. The van der Waals surface area contributed by atoms with Gasteiger partial charge in [-0.15, -0.1) is 0 Å². The molecule has 0 aliphatic heterocycles. The van der Waals surface area contributed by atoms with Crippen molar-refractivity contribution < 1.29 is 4.79 Å². The molecule has 1 aromatic rings. The molecule has 0 fully saturated rings. The second kappa shape index (κ2) is 4.84. The monoisotopic (exact) mass is 198 g/mol. The number of rotatable bonds is 4. The Morgan fingerprint density at radius 2 is 2.15 bits per heavy atom. The van der Waals surface area contributed by atoms with Crippen LogP contribution in [0.2, 0.25) is 5.02 Å². The van der Waals surface area contributed by atoms with Gasteiger partial charge in [-0.1, -0.05) is 23.7 Å². The van der Waals surface area contributed by atoms with Gasteiger partial charge in [0, 0.05) is 0 Å². The smallest absolute Gasteiger partial charge is 0.165 e. The molecule has 0 aliphatic rings. The van der Waals surface area contributed by atoms with Crippen LogP contribution in [-0.4, -0.2) is 18.9 Å². The van der Waals surface area contributed by atoms with E-state index in [0.29, 0.717) is 5.02 Å². The van der Waals surface area contributed by atoms with Crippen molar-refractivity contribution in [3.8, 4) is 0 Å². The Kier molecular flexibility index (Phi) is 3.73. The molecular weight excluding hydrogens is 188 g/mol. The molecule has 13 heavy (non-hydrogen) atoms. The molecule has 0 saturated heterocycles. The van der Waals surface area contributed by atoms with Crippen molar-refractivity contribution in [3.63, 3.8) is 0 Å². The van der Waals surface area contributed by atoms with Gasteiger partial charge >= 0.3 is 0 Å². The zero-order valence-electron chi connectivity index (χ0n) is 7.09. The van der Waals surface area contributed by atoms with Crippen molar-refractivity contribution >= 4 is 23.1 Å². The highest BCUT2D eigenvalue weighted by atomic mass is 35.5. The predicted octanol–water partition coefficient (Wildman–Crippen LogP) is 1.28. The van der Waals surface area contributed by atoms with Crippen LogP contribution < -0.4 is 11.1 Å². The van der Waals surface area contributed by atoms with Crippen LogP contribution >= 0.6 is 11.6 Å². The number of carbonyl (C=O) groups excluding carboxylic acids is 1. The normalized spacial score (nSPS) is 9.69. The quantitative estimate of drug-likeness (QED) is 0.767. The van der Waals surface area contributed by atoms with E-state index in [4.69, 9.17) is 17.3 Å². The van der Waals surface area contributed by atoms with Crippen LogP contribution in [0.1, 0.15) is 0 Å². The number of benzene rings is 1. The molecule has 1 aromatic carbocycles. The summed E-state index contributed by atoms with van der Waals surface area (Å²) < 4.78 is 0. The average molecular weight is 199 g/mol. The first kappa shape index (κ1) is 10.0. The molecule has 0 unspecified atom stereocenters. The van der Waals surface area contributed by atoms with Gasteiger partial charge in [0.15, 0.2) is 5.78 Å². The van der Waals surface area contributed by atoms with Gasteiger partial charge in [0.25, 0.3) is 0 Å². The van der Waals surface area contributed by atoms with E-state index in [2.05, 4.69) is 5.32 Å². The minimum absolute atomic E-state index is 0.0417. The first-order chi connectivity index (χ1) is 6.24. The standard InChI is InChI=1S/C9H11ClN2O/c10-8-3-1-2-4-9(8)12-6-7(13)5-11/h1-4,12H,5-6,11H2. The third kappa shape index (κ3) is 3.05. The largest absolute Gasteiger partial charge is 0.377 e. The maximum atomic E-state index is 10.9. The van der Waals surface area contributed by atoms with Gasteiger partial charge < -0.3 is 11.1 Å². The third-order valence-corrected chi connectivity index (χ3v) is 1.91. The van der Waals surface area contributed by atoms with Gasteiger partial charge in [-0.2, -0.15) is 0 Å². The van der Waals surface area contributed by atoms with Crippen LogP contribution in [0.25, 0.3) is 0 Å². The Balaban J connectivity index is 2.54. The lowest BCUT2D eigenvalue weighted by Crippen LogP contribution is -2.22. The lowest BCUT2D eigenvalue weighted by atomic mass is 10.3.